The first-order valence-electron chi connectivity index (χ1n) is 11.0. The van der Waals surface area contributed by atoms with Gasteiger partial charge < -0.3 is 19.3 Å². The highest BCUT2D eigenvalue weighted by Crippen LogP contribution is 2.41. The van der Waals surface area contributed by atoms with Gasteiger partial charge in [0.05, 0.1) is 19.8 Å². The van der Waals surface area contributed by atoms with Gasteiger partial charge in [0.15, 0.2) is 6.23 Å². The fraction of sp³-hybridized carbons (Fsp3) is 0.308. The highest BCUT2D eigenvalue weighted by atomic mass is 16.6. The lowest BCUT2D eigenvalue weighted by Gasteiger charge is -2.33. The number of aryl methyl sites for hydroxylation is 1. The minimum Gasteiger partial charge on any atom is -0.385 e. The van der Waals surface area contributed by atoms with E-state index >= 15 is 0 Å². The van der Waals surface area contributed by atoms with Crippen molar-refractivity contribution in [1.29, 1.82) is 0 Å². The van der Waals surface area contributed by atoms with Crippen molar-refractivity contribution in [2.45, 2.75) is 44.2 Å². The Labute approximate surface area is 197 Å². The molecular weight excluding hydrogens is 436 g/mol. The third kappa shape index (κ3) is 4.80. The number of nitrogens with zero attached hydrogens (tertiary/aromatic N) is 1. The van der Waals surface area contributed by atoms with Crippen LogP contribution in [0.1, 0.15) is 22.9 Å². The van der Waals surface area contributed by atoms with Crippen molar-refractivity contribution in [2.24, 2.45) is 0 Å². The Morgan fingerprint density at radius 2 is 1.71 bits per heavy atom. The van der Waals surface area contributed by atoms with E-state index in [4.69, 9.17) is 14.2 Å². The molecule has 0 spiro atoms. The van der Waals surface area contributed by atoms with Crippen molar-refractivity contribution in [1.82, 2.24) is 9.55 Å². The Morgan fingerprint density at radius 1 is 1.09 bits per heavy atom. The maximum atomic E-state index is 12.5. The number of benzene rings is 2. The maximum absolute atomic E-state index is 12.5. The van der Waals surface area contributed by atoms with Crippen molar-refractivity contribution < 1.29 is 19.3 Å². The summed E-state index contributed by atoms with van der Waals surface area (Å²) in [6.45, 7) is 6.09. The van der Waals surface area contributed by atoms with Crippen molar-refractivity contribution >= 4 is 0 Å². The summed E-state index contributed by atoms with van der Waals surface area (Å²) in [4.78, 5) is 26.6. The second-order valence-electron chi connectivity index (χ2n) is 8.27. The third-order valence-electron chi connectivity index (χ3n) is 5.99. The van der Waals surface area contributed by atoms with Gasteiger partial charge in [0.1, 0.15) is 17.8 Å². The number of hydrogen-bond acceptors (Lipinski definition) is 6. The summed E-state index contributed by atoms with van der Waals surface area (Å²) in [5.74, 6) is 0. The monoisotopic (exact) mass is 464 g/mol. The first-order valence-corrected chi connectivity index (χ1v) is 11.0. The summed E-state index contributed by atoms with van der Waals surface area (Å²) in [5, 5.41) is 11.4. The van der Waals surface area contributed by atoms with E-state index in [1.54, 1.807) is 6.92 Å². The molecule has 3 aromatic rings. The van der Waals surface area contributed by atoms with Gasteiger partial charge >= 0.3 is 5.69 Å². The van der Waals surface area contributed by atoms with E-state index in [9.17, 15) is 14.7 Å². The van der Waals surface area contributed by atoms with Crippen molar-refractivity contribution in [2.75, 3.05) is 6.61 Å². The smallest absolute Gasteiger partial charge is 0.330 e. The maximum Gasteiger partial charge on any atom is 0.330 e. The van der Waals surface area contributed by atoms with Crippen molar-refractivity contribution in [3.63, 3.8) is 0 Å². The molecule has 8 heteroatoms. The van der Waals surface area contributed by atoms with Crippen LogP contribution in [0.3, 0.4) is 0 Å². The standard InChI is InChI=1S/C26H28N2O6/c1-3-26(33-16-20-12-8-5-9-13-20)21(17-32-15-19-10-6-4-7-11-19)34-24(22(26)29)28-14-18(2)23(30)27-25(28)31/h3-14,21-22,24,29H,1,15-17H2,2H3,(H,27,30,31)/t21-,22+,24-,26-/m1/s1. The normalized spacial score (nSPS) is 24.2. The van der Waals surface area contributed by atoms with Gasteiger partial charge in [-0.1, -0.05) is 66.7 Å². The molecule has 2 aromatic carbocycles. The second kappa shape index (κ2) is 10.3. The SMILES string of the molecule is C=C[C@@]1(OCc2ccccc2)[C@@H](COCc2ccccc2)O[C@@H](n2cc(C)c(=O)[nH]c2=O)[C@@H]1O. The first-order chi connectivity index (χ1) is 16.4. The Kier molecular flexibility index (Phi) is 7.23. The molecule has 0 amide bonds. The molecule has 0 bridgehead atoms. The zero-order chi connectivity index (χ0) is 24.1. The van der Waals surface area contributed by atoms with Gasteiger partial charge in [-0.15, -0.1) is 6.58 Å². The molecule has 1 aliphatic heterocycles. The zero-order valence-corrected chi connectivity index (χ0v) is 18.9. The van der Waals surface area contributed by atoms with E-state index in [-0.39, 0.29) is 13.2 Å². The van der Waals surface area contributed by atoms with Crippen LogP contribution in [0.25, 0.3) is 0 Å². The molecule has 0 saturated carbocycles. The minimum atomic E-state index is -1.36. The molecule has 2 N–H and O–H groups in total. The molecule has 1 fully saturated rings. The summed E-state index contributed by atoms with van der Waals surface area (Å²) >= 11 is 0. The molecule has 0 aliphatic carbocycles. The average molecular weight is 465 g/mol. The number of aromatic amines is 1. The summed E-state index contributed by atoms with van der Waals surface area (Å²) in [6, 6.07) is 19.2. The molecule has 1 aromatic heterocycles. The highest BCUT2D eigenvalue weighted by Gasteiger charge is 2.56. The van der Waals surface area contributed by atoms with E-state index < -0.39 is 35.3 Å². The lowest BCUT2D eigenvalue weighted by molar-refractivity contribution is -0.123. The summed E-state index contributed by atoms with van der Waals surface area (Å²) in [6.07, 6.45) is -0.297. The highest BCUT2D eigenvalue weighted by molar-refractivity contribution is 5.18. The Morgan fingerprint density at radius 3 is 2.32 bits per heavy atom. The van der Waals surface area contributed by atoms with E-state index in [1.807, 2.05) is 60.7 Å². The third-order valence-corrected chi connectivity index (χ3v) is 5.99. The first kappa shape index (κ1) is 23.8. The van der Waals surface area contributed by atoms with Crippen LogP contribution in [-0.4, -0.2) is 39.1 Å². The fourth-order valence-electron chi connectivity index (χ4n) is 4.05. The topological polar surface area (TPSA) is 103 Å². The predicted molar refractivity (Wildman–Crippen MR) is 126 cm³/mol. The van der Waals surface area contributed by atoms with Gasteiger partial charge in [0, 0.05) is 11.8 Å². The van der Waals surface area contributed by atoms with E-state index in [0.29, 0.717) is 12.2 Å². The quantitative estimate of drug-likeness (QED) is 0.472. The molecule has 4 atom stereocenters. The van der Waals surface area contributed by atoms with Crippen LogP contribution in [0.15, 0.2) is 89.1 Å². The van der Waals surface area contributed by atoms with E-state index in [1.165, 1.54) is 16.8 Å². The molecule has 0 radical (unpaired) electrons. The average Bonchev–Trinajstić information content (AvgIpc) is 3.13. The van der Waals surface area contributed by atoms with Crippen LogP contribution < -0.4 is 11.2 Å². The van der Waals surface area contributed by atoms with Gasteiger partial charge in [-0.25, -0.2) is 4.79 Å². The van der Waals surface area contributed by atoms with Crippen LogP contribution in [-0.2, 0) is 27.4 Å². The van der Waals surface area contributed by atoms with Crippen LogP contribution in [0.4, 0.5) is 0 Å². The van der Waals surface area contributed by atoms with Crippen molar-refractivity contribution in [3.8, 4) is 0 Å². The number of H-pyrrole nitrogens is 1. The van der Waals surface area contributed by atoms with Crippen LogP contribution in [0.2, 0.25) is 0 Å². The van der Waals surface area contributed by atoms with Gasteiger partial charge in [0.25, 0.3) is 5.56 Å². The van der Waals surface area contributed by atoms with E-state index in [0.717, 1.165) is 11.1 Å². The summed E-state index contributed by atoms with van der Waals surface area (Å²) in [5.41, 5.74) is -0.340. The molecular formula is C26H28N2O6. The Bertz CT molecular complexity index is 1220. The Hall–Kier alpha value is -3.30. The molecule has 2 heterocycles. The van der Waals surface area contributed by atoms with Crippen LogP contribution in [0, 0.1) is 6.92 Å². The lowest BCUT2D eigenvalue weighted by Crippen LogP contribution is -2.50. The van der Waals surface area contributed by atoms with Gasteiger partial charge in [-0.2, -0.15) is 0 Å². The van der Waals surface area contributed by atoms with Gasteiger partial charge in [-0.3, -0.25) is 14.3 Å². The fourth-order valence-corrected chi connectivity index (χ4v) is 4.05. The van der Waals surface area contributed by atoms with Crippen LogP contribution in [0.5, 0.6) is 0 Å². The number of aromatic nitrogens is 2. The number of nitrogens with one attached hydrogen (secondary N) is 1. The number of rotatable bonds is 9. The largest absolute Gasteiger partial charge is 0.385 e. The summed E-state index contributed by atoms with van der Waals surface area (Å²) in [7, 11) is 0. The number of ether oxygens (including phenoxy) is 3. The molecule has 0 unspecified atom stereocenters. The van der Waals surface area contributed by atoms with Crippen molar-refractivity contribution in [3.05, 3.63) is 117 Å². The Balaban J connectivity index is 1.62. The zero-order valence-electron chi connectivity index (χ0n) is 18.9. The van der Waals surface area contributed by atoms with Gasteiger partial charge in [0.2, 0.25) is 0 Å². The molecule has 34 heavy (non-hydrogen) atoms. The molecule has 178 valence electrons. The summed E-state index contributed by atoms with van der Waals surface area (Å²) < 4.78 is 19.5. The molecule has 1 saturated heterocycles. The second-order valence-corrected chi connectivity index (χ2v) is 8.27. The number of aliphatic hydroxyl groups is 1. The molecule has 8 nitrogen and oxygen atoms in total. The number of hydrogen-bond donors (Lipinski definition) is 2. The molecule has 4 rings (SSSR count). The number of aliphatic hydroxyl groups excluding tert-OH is 1. The van der Waals surface area contributed by atoms with Crippen LogP contribution >= 0.6 is 0 Å². The lowest BCUT2D eigenvalue weighted by atomic mass is 9.91. The van der Waals surface area contributed by atoms with E-state index in [2.05, 4.69) is 11.6 Å². The predicted octanol–water partition coefficient (Wildman–Crippen LogP) is 2.46. The molecule has 1 aliphatic rings. The minimum absolute atomic E-state index is 0.0837. The van der Waals surface area contributed by atoms with Gasteiger partial charge in [-0.05, 0) is 18.1 Å².